The Bertz CT molecular complexity index is 1980. The van der Waals surface area contributed by atoms with Gasteiger partial charge in [-0.1, -0.05) is 72.8 Å². The number of cyclic esters (lactones) is 4. The monoisotopic (exact) mass is 746 g/mol. The molecule has 0 fully saturated rings. The molecule has 4 aromatic carbocycles. The van der Waals surface area contributed by atoms with Gasteiger partial charge in [0.15, 0.2) is 0 Å². The Morgan fingerprint density at radius 1 is 0.365 bits per heavy atom. The second kappa shape index (κ2) is 11.4. The fourth-order valence-corrected chi connectivity index (χ4v) is 6.61. The van der Waals surface area contributed by atoms with E-state index in [1.165, 1.54) is 0 Å². The number of alkyl halides is 12. The molecule has 0 aromatic heterocycles. The van der Waals surface area contributed by atoms with E-state index in [4.69, 9.17) is 0 Å². The SMILES string of the molecule is O=C1OC(=O)c2c1cccc2C(c1ccc(-c2ccc(C(c3cccc4c3C(=O)OC4=O)(C(F)(F)F)C(F)(F)F)cc2)cc1)(C(F)(F)F)C(F)(F)F. The quantitative estimate of drug-likeness (QED) is 0.115. The van der Waals surface area contributed by atoms with Crippen LogP contribution in [0.25, 0.3) is 11.1 Å². The van der Waals surface area contributed by atoms with Gasteiger partial charge in [-0.3, -0.25) is 0 Å². The van der Waals surface area contributed by atoms with E-state index < -0.39 is 104 Å². The average molecular weight is 746 g/mol. The van der Waals surface area contributed by atoms with Gasteiger partial charge in [-0.05, 0) is 45.5 Å². The molecule has 18 heteroatoms. The van der Waals surface area contributed by atoms with Crippen LogP contribution in [0.15, 0.2) is 84.9 Å². The van der Waals surface area contributed by atoms with E-state index in [9.17, 15) is 71.9 Å². The van der Waals surface area contributed by atoms with Crippen LogP contribution in [0.3, 0.4) is 0 Å². The molecular formula is C34H14F12O6. The summed E-state index contributed by atoms with van der Waals surface area (Å²) in [5, 5.41) is 0. The molecule has 0 saturated heterocycles. The van der Waals surface area contributed by atoms with Crippen LogP contribution in [0.2, 0.25) is 0 Å². The first-order valence-corrected chi connectivity index (χ1v) is 14.3. The molecule has 0 unspecified atom stereocenters. The maximum Gasteiger partial charge on any atom is 0.411 e. The summed E-state index contributed by atoms with van der Waals surface area (Å²) in [5.74, 6) is -6.49. The number of esters is 4. The number of hydrogen-bond donors (Lipinski definition) is 0. The maximum atomic E-state index is 14.8. The Morgan fingerprint density at radius 3 is 0.923 bits per heavy atom. The fourth-order valence-electron chi connectivity index (χ4n) is 6.61. The van der Waals surface area contributed by atoms with E-state index in [2.05, 4.69) is 9.47 Å². The topological polar surface area (TPSA) is 86.7 Å². The fraction of sp³-hybridized carbons (Fsp3) is 0.176. The highest BCUT2D eigenvalue weighted by Crippen LogP contribution is 2.59. The van der Waals surface area contributed by atoms with Crippen molar-refractivity contribution in [3.8, 4) is 11.1 Å². The van der Waals surface area contributed by atoms with Gasteiger partial charge in [-0.15, -0.1) is 0 Å². The predicted molar refractivity (Wildman–Crippen MR) is 150 cm³/mol. The van der Waals surface area contributed by atoms with Crippen LogP contribution in [-0.2, 0) is 20.3 Å². The Hall–Kier alpha value is -5.68. The van der Waals surface area contributed by atoms with Gasteiger partial charge in [-0.2, -0.15) is 52.7 Å². The summed E-state index contributed by atoms with van der Waals surface area (Å²) in [4.78, 5) is 48.6. The maximum absolute atomic E-state index is 14.8. The highest BCUT2D eigenvalue weighted by molar-refractivity contribution is 6.16. The lowest BCUT2D eigenvalue weighted by atomic mass is 9.70. The third-order valence-corrected chi connectivity index (χ3v) is 8.83. The number of carbonyl (C=O) groups is 4. The molecule has 0 spiro atoms. The summed E-state index contributed by atoms with van der Waals surface area (Å²) in [6, 6.07) is 7.72. The summed E-state index contributed by atoms with van der Waals surface area (Å²) in [6.45, 7) is 0. The largest absolute Gasteiger partial charge is 0.411 e. The average Bonchev–Trinajstić information content (AvgIpc) is 3.49. The van der Waals surface area contributed by atoms with Crippen LogP contribution >= 0.6 is 0 Å². The summed E-state index contributed by atoms with van der Waals surface area (Å²) >= 11 is 0. The molecule has 2 heterocycles. The lowest BCUT2D eigenvalue weighted by Gasteiger charge is -2.39. The summed E-state index contributed by atoms with van der Waals surface area (Å²) in [6.07, 6.45) is -24.9. The minimum absolute atomic E-state index is 0.277. The van der Waals surface area contributed by atoms with E-state index in [1.807, 2.05) is 0 Å². The minimum Gasteiger partial charge on any atom is -0.386 e. The number of carbonyl (C=O) groups excluding carboxylic acids is 4. The van der Waals surface area contributed by atoms with Crippen molar-refractivity contribution in [3.63, 3.8) is 0 Å². The van der Waals surface area contributed by atoms with Gasteiger partial charge in [0.2, 0.25) is 10.8 Å². The van der Waals surface area contributed by atoms with Crippen molar-refractivity contribution in [2.24, 2.45) is 0 Å². The Balaban J connectivity index is 1.50. The molecule has 0 atom stereocenters. The lowest BCUT2D eigenvalue weighted by molar-refractivity contribution is -0.290. The molecule has 2 aliphatic heterocycles. The summed E-state index contributed by atoms with van der Waals surface area (Å²) in [5.41, 5.74) is -21.1. The first kappa shape index (κ1) is 36.1. The third kappa shape index (κ3) is 4.90. The zero-order valence-electron chi connectivity index (χ0n) is 25.1. The van der Waals surface area contributed by atoms with Gasteiger partial charge in [0.1, 0.15) is 0 Å². The number of ether oxygens (including phenoxy) is 2. The van der Waals surface area contributed by atoms with Gasteiger partial charge >= 0.3 is 48.6 Å². The molecule has 270 valence electrons. The van der Waals surface area contributed by atoms with Crippen LogP contribution in [0.5, 0.6) is 0 Å². The molecule has 2 aliphatic rings. The van der Waals surface area contributed by atoms with Gasteiger partial charge in [0.05, 0.1) is 22.3 Å². The van der Waals surface area contributed by atoms with Crippen LogP contribution in [0, 0.1) is 0 Å². The van der Waals surface area contributed by atoms with Crippen LogP contribution in [-0.4, -0.2) is 48.6 Å². The predicted octanol–water partition coefficient (Wildman–Crippen LogP) is 8.80. The first-order valence-electron chi connectivity index (χ1n) is 14.3. The van der Waals surface area contributed by atoms with E-state index in [0.717, 1.165) is 12.1 Å². The van der Waals surface area contributed by atoms with Crippen LogP contribution < -0.4 is 0 Å². The smallest absolute Gasteiger partial charge is 0.386 e. The molecule has 0 radical (unpaired) electrons. The molecule has 0 amide bonds. The van der Waals surface area contributed by atoms with Gasteiger partial charge in [0.25, 0.3) is 0 Å². The summed E-state index contributed by atoms with van der Waals surface area (Å²) in [7, 11) is 0. The van der Waals surface area contributed by atoms with Crippen molar-refractivity contribution in [1.29, 1.82) is 0 Å². The molecule has 0 N–H and O–H groups in total. The van der Waals surface area contributed by atoms with Crippen molar-refractivity contribution in [2.45, 2.75) is 35.5 Å². The van der Waals surface area contributed by atoms with Gasteiger partial charge < -0.3 is 9.47 Å². The molecule has 52 heavy (non-hydrogen) atoms. The van der Waals surface area contributed by atoms with E-state index in [1.54, 1.807) is 0 Å². The number of halogens is 12. The van der Waals surface area contributed by atoms with E-state index in [0.29, 0.717) is 72.8 Å². The second-order valence-electron chi connectivity index (χ2n) is 11.5. The van der Waals surface area contributed by atoms with Crippen molar-refractivity contribution in [2.75, 3.05) is 0 Å². The van der Waals surface area contributed by atoms with Crippen LogP contribution in [0.1, 0.15) is 63.7 Å². The molecule has 0 aliphatic carbocycles. The lowest BCUT2D eigenvalue weighted by Crippen LogP contribution is -2.55. The second-order valence-corrected chi connectivity index (χ2v) is 11.5. The van der Waals surface area contributed by atoms with Gasteiger partial charge in [0, 0.05) is 0 Å². The van der Waals surface area contributed by atoms with E-state index in [-0.39, 0.29) is 11.1 Å². The minimum atomic E-state index is -6.22. The molecule has 6 rings (SSSR count). The van der Waals surface area contributed by atoms with Crippen molar-refractivity contribution >= 4 is 23.9 Å². The van der Waals surface area contributed by atoms with E-state index >= 15 is 0 Å². The van der Waals surface area contributed by atoms with Crippen molar-refractivity contribution in [3.05, 3.63) is 129 Å². The number of rotatable bonds is 5. The Labute approximate surface area is 281 Å². The molecule has 6 nitrogen and oxygen atoms in total. The highest BCUT2D eigenvalue weighted by Gasteiger charge is 2.75. The Kier molecular flexibility index (Phi) is 7.93. The third-order valence-electron chi connectivity index (χ3n) is 8.83. The first-order chi connectivity index (χ1) is 24.0. The zero-order chi connectivity index (χ0) is 38.4. The zero-order valence-corrected chi connectivity index (χ0v) is 25.1. The van der Waals surface area contributed by atoms with Crippen molar-refractivity contribution in [1.82, 2.24) is 0 Å². The number of fused-ring (bicyclic) bond motifs is 2. The number of benzene rings is 4. The number of hydrogen-bond acceptors (Lipinski definition) is 6. The molecule has 0 saturated carbocycles. The van der Waals surface area contributed by atoms with Crippen molar-refractivity contribution < 1.29 is 81.3 Å². The normalized spacial score (nSPS) is 15.4. The standard InChI is InChI=1S/C34H14F12O6/c35-31(36,37)29(32(38,39)40,21-5-1-3-19-23(21)27(49)51-25(19)47)17-11-7-15(8-12-17)16-9-13-18(14-10-16)30(33(41,42)43,34(44,45)46)22-6-2-4-20-24(22)28(50)52-26(20)48/h1-14H. The summed E-state index contributed by atoms with van der Waals surface area (Å²) < 4.78 is 186. The Morgan fingerprint density at radius 2 is 0.654 bits per heavy atom. The molecular weight excluding hydrogens is 732 g/mol. The molecule has 0 bridgehead atoms. The van der Waals surface area contributed by atoms with Gasteiger partial charge in [-0.25, -0.2) is 19.2 Å². The van der Waals surface area contributed by atoms with Crippen LogP contribution in [0.4, 0.5) is 52.7 Å². The highest BCUT2D eigenvalue weighted by atomic mass is 19.4. The molecule has 4 aromatic rings.